The zero-order chi connectivity index (χ0) is 15.5. The number of methoxy groups -OCH3 is 1. The van der Waals surface area contributed by atoms with Gasteiger partial charge in [0.05, 0.1) is 12.8 Å². The fourth-order valence-corrected chi connectivity index (χ4v) is 1.89. The molecule has 0 aromatic carbocycles. The van der Waals surface area contributed by atoms with E-state index in [2.05, 4.69) is 15.2 Å². The van der Waals surface area contributed by atoms with Gasteiger partial charge in [-0.15, -0.1) is 0 Å². The largest absolute Gasteiger partial charge is 0.467 e. The molecule has 0 radical (unpaired) electrons. The van der Waals surface area contributed by atoms with Gasteiger partial charge in [-0.2, -0.15) is 5.10 Å². The molecule has 1 heterocycles. The van der Waals surface area contributed by atoms with Gasteiger partial charge in [-0.1, -0.05) is 11.6 Å². The quantitative estimate of drug-likeness (QED) is 0.675. The summed E-state index contributed by atoms with van der Waals surface area (Å²) in [5, 5.41) is 7.13. The highest BCUT2D eigenvalue weighted by atomic mass is 35.5. The first-order chi connectivity index (χ1) is 9.19. The third-order valence-corrected chi connectivity index (χ3v) is 3.18. The lowest BCUT2D eigenvalue weighted by Gasteiger charge is -2.22. The molecule has 0 atom stereocenters. The fraction of sp³-hybridized carbons (Fsp3) is 0.462. The maximum Gasteiger partial charge on any atom is 0.330 e. The van der Waals surface area contributed by atoms with Gasteiger partial charge in [0, 0.05) is 18.7 Å². The number of aryl methyl sites for hydroxylation is 2. The molecule has 0 aliphatic heterocycles. The second-order valence-electron chi connectivity index (χ2n) is 4.85. The topological polar surface area (TPSA) is 73.2 Å². The fourth-order valence-electron chi connectivity index (χ4n) is 1.65. The summed E-state index contributed by atoms with van der Waals surface area (Å²) in [4.78, 5) is 23.3. The summed E-state index contributed by atoms with van der Waals surface area (Å²) < 4.78 is 6.13. The van der Waals surface area contributed by atoms with E-state index in [1.807, 2.05) is 0 Å². The Bertz CT molecular complexity index is 561. The summed E-state index contributed by atoms with van der Waals surface area (Å²) in [5.41, 5.74) is 0.290. The minimum atomic E-state index is -1.09. The maximum atomic E-state index is 11.8. The van der Waals surface area contributed by atoms with E-state index in [9.17, 15) is 9.59 Å². The molecule has 1 rings (SSSR count). The lowest BCUT2D eigenvalue weighted by molar-refractivity contribution is -0.148. The van der Waals surface area contributed by atoms with Gasteiger partial charge in [-0.25, -0.2) is 4.79 Å². The van der Waals surface area contributed by atoms with Crippen molar-refractivity contribution in [3.8, 4) is 0 Å². The summed E-state index contributed by atoms with van der Waals surface area (Å²) in [6, 6.07) is 0. The van der Waals surface area contributed by atoms with Crippen molar-refractivity contribution in [2.24, 2.45) is 7.05 Å². The Morgan fingerprint density at radius 3 is 2.50 bits per heavy atom. The SMILES string of the molecule is COC(=O)C(C)(C)NC(=O)/C=C/c1c(C)nn(C)c1Cl. The van der Waals surface area contributed by atoms with Gasteiger partial charge in [-0.05, 0) is 26.8 Å². The van der Waals surface area contributed by atoms with Crippen LogP contribution in [0.3, 0.4) is 0 Å². The third-order valence-electron chi connectivity index (χ3n) is 2.73. The first kappa shape index (κ1) is 16.2. The second-order valence-corrected chi connectivity index (χ2v) is 5.21. The number of rotatable bonds is 4. The first-order valence-electron chi connectivity index (χ1n) is 5.96. The molecule has 1 aromatic rings. The Balaban J connectivity index is 2.81. The average Bonchev–Trinajstić information content (AvgIpc) is 2.59. The van der Waals surface area contributed by atoms with Crippen LogP contribution >= 0.6 is 11.6 Å². The summed E-state index contributed by atoms with van der Waals surface area (Å²) >= 11 is 6.05. The molecule has 0 saturated carbocycles. The van der Waals surface area contributed by atoms with Gasteiger partial charge >= 0.3 is 5.97 Å². The summed E-state index contributed by atoms with van der Waals surface area (Å²) in [6.45, 7) is 4.92. The van der Waals surface area contributed by atoms with E-state index in [1.54, 1.807) is 33.9 Å². The van der Waals surface area contributed by atoms with Crippen molar-refractivity contribution in [3.05, 3.63) is 22.5 Å². The number of amides is 1. The standard InChI is InChI=1S/C13H18ClN3O3/c1-8-9(11(14)17(4)16-8)6-7-10(18)15-13(2,3)12(19)20-5/h6-7H,1-5H3,(H,15,18)/b7-6+. The number of aromatic nitrogens is 2. The van der Waals surface area contributed by atoms with Crippen molar-refractivity contribution in [1.29, 1.82) is 0 Å². The molecule has 7 heteroatoms. The number of nitrogens with zero attached hydrogens (tertiary/aromatic N) is 2. The van der Waals surface area contributed by atoms with Crippen LogP contribution in [0.4, 0.5) is 0 Å². The van der Waals surface area contributed by atoms with Crippen molar-refractivity contribution < 1.29 is 14.3 Å². The molecule has 0 unspecified atom stereocenters. The summed E-state index contributed by atoms with van der Waals surface area (Å²) in [6.07, 6.45) is 2.87. The van der Waals surface area contributed by atoms with Crippen molar-refractivity contribution in [2.75, 3.05) is 7.11 Å². The molecule has 1 N–H and O–H groups in total. The molecule has 0 fully saturated rings. The number of hydrogen-bond acceptors (Lipinski definition) is 4. The van der Waals surface area contributed by atoms with Crippen LogP contribution in [0.1, 0.15) is 25.1 Å². The van der Waals surface area contributed by atoms with Crippen LogP contribution in [0, 0.1) is 6.92 Å². The smallest absolute Gasteiger partial charge is 0.330 e. The van der Waals surface area contributed by atoms with E-state index < -0.39 is 17.4 Å². The van der Waals surface area contributed by atoms with Crippen LogP contribution in [0.25, 0.3) is 6.08 Å². The highest BCUT2D eigenvalue weighted by Crippen LogP contribution is 2.19. The van der Waals surface area contributed by atoms with Gasteiger partial charge in [0.1, 0.15) is 10.7 Å². The molecule has 0 bridgehead atoms. The van der Waals surface area contributed by atoms with Gasteiger partial charge in [0.25, 0.3) is 0 Å². The second kappa shape index (κ2) is 6.09. The number of ether oxygens (including phenoxy) is 1. The third kappa shape index (κ3) is 3.60. The van der Waals surface area contributed by atoms with Crippen LogP contribution in [-0.4, -0.2) is 34.3 Å². The highest BCUT2D eigenvalue weighted by molar-refractivity contribution is 6.31. The monoisotopic (exact) mass is 299 g/mol. The lowest BCUT2D eigenvalue weighted by atomic mass is 10.1. The molecule has 6 nitrogen and oxygen atoms in total. The molecular formula is C13H18ClN3O3. The number of halogens is 1. The summed E-state index contributed by atoms with van der Waals surface area (Å²) in [5.74, 6) is -0.936. The minimum absolute atomic E-state index is 0.417. The predicted octanol–water partition coefficient (Wildman–Crippen LogP) is 1.46. The van der Waals surface area contributed by atoms with E-state index >= 15 is 0 Å². The maximum absolute atomic E-state index is 11.8. The Morgan fingerprint density at radius 1 is 1.45 bits per heavy atom. The molecule has 110 valence electrons. The van der Waals surface area contributed by atoms with Gasteiger partial charge in [-0.3, -0.25) is 9.48 Å². The van der Waals surface area contributed by atoms with E-state index in [1.165, 1.54) is 17.9 Å². The number of carbonyl (C=O) groups excluding carboxylic acids is 2. The highest BCUT2D eigenvalue weighted by Gasteiger charge is 2.29. The molecule has 0 aliphatic rings. The molecule has 1 amide bonds. The van der Waals surface area contributed by atoms with Gasteiger partial charge in [0.15, 0.2) is 0 Å². The predicted molar refractivity (Wildman–Crippen MR) is 76.2 cm³/mol. The summed E-state index contributed by atoms with van der Waals surface area (Å²) in [7, 11) is 2.98. The van der Waals surface area contributed by atoms with Crippen molar-refractivity contribution in [2.45, 2.75) is 26.3 Å². The van der Waals surface area contributed by atoms with E-state index in [-0.39, 0.29) is 0 Å². The van der Waals surface area contributed by atoms with Crippen LogP contribution in [-0.2, 0) is 21.4 Å². The number of nitrogens with one attached hydrogen (secondary N) is 1. The molecule has 0 saturated heterocycles. The molecule has 20 heavy (non-hydrogen) atoms. The Morgan fingerprint density at radius 2 is 2.05 bits per heavy atom. The molecule has 1 aromatic heterocycles. The minimum Gasteiger partial charge on any atom is -0.467 e. The normalized spacial score (nSPS) is 11.7. The Hall–Kier alpha value is -1.82. The van der Waals surface area contributed by atoms with Crippen LogP contribution in [0.15, 0.2) is 6.08 Å². The van der Waals surface area contributed by atoms with E-state index in [0.717, 1.165) is 0 Å². The van der Waals surface area contributed by atoms with Crippen LogP contribution in [0.2, 0.25) is 5.15 Å². The number of hydrogen-bond donors (Lipinski definition) is 1. The van der Waals surface area contributed by atoms with Crippen molar-refractivity contribution in [3.63, 3.8) is 0 Å². The Labute approximate surface area is 122 Å². The zero-order valence-electron chi connectivity index (χ0n) is 12.2. The van der Waals surface area contributed by atoms with Gasteiger partial charge < -0.3 is 10.1 Å². The van der Waals surface area contributed by atoms with Gasteiger partial charge in [0.2, 0.25) is 5.91 Å². The number of carbonyl (C=O) groups is 2. The number of esters is 1. The van der Waals surface area contributed by atoms with Crippen LogP contribution in [0.5, 0.6) is 0 Å². The van der Waals surface area contributed by atoms with E-state index in [0.29, 0.717) is 16.4 Å². The molecular weight excluding hydrogens is 282 g/mol. The lowest BCUT2D eigenvalue weighted by Crippen LogP contribution is -2.49. The average molecular weight is 300 g/mol. The molecule has 0 spiro atoms. The Kier molecular flexibility index (Phi) is 4.94. The van der Waals surface area contributed by atoms with E-state index in [4.69, 9.17) is 11.6 Å². The molecule has 0 aliphatic carbocycles. The van der Waals surface area contributed by atoms with Crippen molar-refractivity contribution >= 4 is 29.6 Å². The zero-order valence-corrected chi connectivity index (χ0v) is 12.9. The van der Waals surface area contributed by atoms with Crippen molar-refractivity contribution in [1.82, 2.24) is 15.1 Å². The van der Waals surface area contributed by atoms with Crippen LogP contribution < -0.4 is 5.32 Å². The first-order valence-corrected chi connectivity index (χ1v) is 6.34.